The first-order chi connectivity index (χ1) is 8.83. The van der Waals surface area contributed by atoms with Crippen LogP contribution in [0.15, 0.2) is 17.1 Å². The molecule has 0 saturated carbocycles. The van der Waals surface area contributed by atoms with Crippen LogP contribution in [-0.2, 0) is 19.4 Å². The third-order valence-electron chi connectivity index (χ3n) is 3.82. The molecule has 0 bridgehead atoms. The first-order valence-corrected chi connectivity index (χ1v) is 6.85. The predicted molar refractivity (Wildman–Crippen MR) is 72.4 cm³/mol. The number of nitrogens with two attached hydrogens (primary N) is 1. The Labute approximate surface area is 108 Å². The molecule has 0 unspecified atom stereocenters. The molecule has 1 aromatic rings. The van der Waals surface area contributed by atoms with Gasteiger partial charge in [-0.2, -0.15) is 0 Å². The summed E-state index contributed by atoms with van der Waals surface area (Å²) in [7, 11) is 0. The summed E-state index contributed by atoms with van der Waals surface area (Å²) in [4.78, 5) is 11.2. The van der Waals surface area contributed by atoms with E-state index in [1.54, 1.807) is 0 Å². The van der Waals surface area contributed by atoms with Crippen molar-refractivity contribution < 1.29 is 0 Å². The lowest BCUT2D eigenvalue weighted by atomic mass is 9.96. The quantitative estimate of drug-likeness (QED) is 0.633. The molecule has 0 aromatic carbocycles. The SMILES string of the molecule is NC(=NCc1ccc2c(n1)CCCC2)N1CCC1. The van der Waals surface area contributed by atoms with Crippen LogP contribution in [0.2, 0.25) is 0 Å². The Kier molecular flexibility index (Phi) is 3.17. The molecule has 1 saturated heterocycles. The molecule has 96 valence electrons. The summed E-state index contributed by atoms with van der Waals surface area (Å²) >= 11 is 0. The van der Waals surface area contributed by atoms with Crippen LogP contribution in [0.1, 0.15) is 36.2 Å². The number of hydrogen-bond acceptors (Lipinski definition) is 2. The van der Waals surface area contributed by atoms with E-state index in [0.29, 0.717) is 12.5 Å². The second-order valence-corrected chi connectivity index (χ2v) is 5.13. The Morgan fingerprint density at radius 1 is 1.22 bits per heavy atom. The Hall–Kier alpha value is -1.58. The number of fused-ring (bicyclic) bond motifs is 1. The van der Waals surface area contributed by atoms with Gasteiger partial charge in [0.05, 0.1) is 12.2 Å². The van der Waals surface area contributed by atoms with E-state index < -0.39 is 0 Å². The van der Waals surface area contributed by atoms with Gasteiger partial charge in [0.2, 0.25) is 0 Å². The summed E-state index contributed by atoms with van der Waals surface area (Å²) in [5.74, 6) is 0.667. The first kappa shape index (κ1) is 11.5. The van der Waals surface area contributed by atoms with Gasteiger partial charge in [0.15, 0.2) is 5.96 Å². The molecule has 4 nitrogen and oxygen atoms in total. The van der Waals surface area contributed by atoms with Crippen molar-refractivity contribution in [3.05, 3.63) is 29.1 Å². The normalized spacial score (nSPS) is 19.3. The van der Waals surface area contributed by atoms with Crippen LogP contribution < -0.4 is 5.73 Å². The second-order valence-electron chi connectivity index (χ2n) is 5.13. The zero-order valence-electron chi connectivity index (χ0n) is 10.7. The smallest absolute Gasteiger partial charge is 0.191 e. The molecular weight excluding hydrogens is 224 g/mol. The van der Waals surface area contributed by atoms with E-state index in [9.17, 15) is 0 Å². The van der Waals surface area contributed by atoms with Gasteiger partial charge in [0.25, 0.3) is 0 Å². The van der Waals surface area contributed by atoms with Crippen LogP contribution in [-0.4, -0.2) is 28.9 Å². The van der Waals surface area contributed by atoms with Crippen molar-refractivity contribution in [3.63, 3.8) is 0 Å². The molecule has 1 aliphatic carbocycles. The Morgan fingerprint density at radius 2 is 2.06 bits per heavy atom. The fourth-order valence-corrected chi connectivity index (χ4v) is 2.52. The predicted octanol–water partition coefficient (Wildman–Crippen LogP) is 1.48. The molecule has 18 heavy (non-hydrogen) atoms. The highest BCUT2D eigenvalue weighted by Gasteiger charge is 2.15. The molecule has 0 atom stereocenters. The Morgan fingerprint density at radius 3 is 2.83 bits per heavy atom. The van der Waals surface area contributed by atoms with Gasteiger partial charge in [-0.25, -0.2) is 4.99 Å². The monoisotopic (exact) mass is 244 g/mol. The molecule has 2 N–H and O–H groups in total. The van der Waals surface area contributed by atoms with E-state index in [2.05, 4.69) is 22.0 Å². The number of aryl methyl sites for hydroxylation is 2. The van der Waals surface area contributed by atoms with E-state index in [0.717, 1.165) is 25.2 Å². The highest BCUT2D eigenvalue weighted by atomic mass is 15.3. The minimum Gasteiger partial charge on any atom is -0.370 e. The Balaban J connectivity index is 1.69. The molecule has 2 aliphatic rings. The van der Waals surface area contributed by atoms with Crippen LogP contribution in [0.5, 0.6) is 0 Å². The van der Waals surface area contributed by atoms with Crippen molar-refractivity contribution in [3.8, 4) is 0 Å². The molecular formula is C14H20N4. The minimum absolute atomic E-state index is 0.607. The largest absolute Gasteiger partial charge is 0.370 e. The van der Waals surface area contributed by atoms with Gasteiger partial charge in [-0.3, -0.25) is 4.98 Å². The van der Waals surface area contributed by atoms with Crippen molar-refractivity contribution in [2.24, 2.45) is 10.7 Å². The van der Waals surface area contributed by atoms with Gasteiger partial charge in [0, 0.05) is 18.8 Å². The standard InChI is InChI=1S/C14H20N4/c15-14(18-8-3-9-18)16-10-12-7-6-11-4-1-2-5-13(11)17-12/h6-7H,1-5,8-10H2,(H2,15,16). The number of guanidine groups is 1. The van der Waals surface area contributed by atoms with Gasteiger partial charge in [-0.05, 0) is 43.7 Å². The van der Waals surface area contributed by atoms with E-state index in [1.165, 1.54) is 36.9 Å². The number of hydrogen-bond donors (Lipinski definition) is 1. The van der Waals surface area contributed by atoms with E-state index in [-0.39, 0.29) is 0 Å². The van der Waals surface area contributed by atoms with Gasteiger partial charge < -0.3 is 10.6 Å². The fraction of sp³-hybridized carbons (Fsp3) is 0.571. The van der Waals surface area contributed by atoms with Crippen LogP contribution in [0.25, 0.3) is 0 Å². The van der Waals surface area contributed by atoms with E-state index in [1.807, 2.05) is 0 Å². The third kappa shape index (κ3) is 2.33. The lowest BCUT2D eigenvalue weighted by molar-refractivity contribution is 0.295. The number of likely N-dealkylation sites (tertiary alicyclic amines) is 1. The second kappa shape index (κ2) is 4.96. The highest BCUT2D eigenvalue weighted by molar-refractivity contribution is 5.78. The lowest BCUT2D eigenvalue weighted by Crippen LogP contribution is -2.46. The number of nitrogens with zero attached hydrogens (tertiary/aromatic N) is 3. The number of aliphatic imine (C=N–C) groups is 1. The van der Waals surface area contributed by atoms with Crippen LogP contribution >= 0.6 is 0 Å². The summed E-state index contributed by atoms with van der Waals surface area (Å²) in [5, 5.41) is 0. The van der Waals surface area contributed by atoms with Crippen molar-refractivity contribution in [1.82, 2.24) is 9.88 Å². The molecule has 1 fully saturated rings. The van der Waals surface area contributed by atoms with E-state index >= 15 is 0 Å². The van der Waals surface area contributed by atoms with Crippen LogP contribution in [0, 0.1) is 0 Å². The van der Waals surface area contributed by atoms with Gasteiger partial charge in [-0.15, -0.1) is 0 Å². The Bertz CT molecular complexity index is 463. The number of pyridine rings is 1. The van der Waals surface area contributed by atoms with Crippen molar-refractivity contribution >= 4 is 5.96 Å². The zero-order valence-corrected chi connectivity index (χ0v) is 10.7. The fourth-order valence-electron chi connectivity index (χ4n) is 2.52. The number of rotatable bonds is 2. The third-order valence-corrected chi connectivity index (χ3v) is 3.82. The van der Waals surface area contributed by atoms with Gasteiger partial charge in [-0.1, -0.05) is 6.07 Å². The average molecular weight is 244 g/mol. The maximum absolute atomic E-state index is 5.91. The van der Waals surface area contributed by atoms with Gasteiger partial charge >= 0.3 is 0 Å². The summed E-state index contributed by atoms with van der Waals surface area (Å²) in [6.45, 7) is 2.70. The maximum atomic E-state index is 5.91. The van der Waals surface area contributed by atoms with Gasteiger partial charge in [0.1, 0.15) is 0 Å². The molecule has 2 heterocycles. The first-order valence-electron chi connectivity index (χ1n) is 6.85. The maximum Gasteiger partial charge on any atom is 0.191 e. The zero-order chi connectivity index (χ0) is 12.4. The number of aromatic nitrogens is 1. The van der Waals surface area contributed by atoms with Crippen LogP contribution in [0.4, 0.5) is 0 Å². The molecule has 0 spiro atoms. The van der Waals surface area contributed by atoms with Crippen LogP contribution in [0.3, 0.4) is 0 Å². The van der Waals surface area contributed by atoms with Crippen molar-refractivity contribution in [2.75, 3.05) is 13.1 Å². The summed E-state index contributed by atoms with van der Waals surface area (Å²) < 4.78 is 0. The lowest BCUT2D eigenvalue weighted by Gasteiger charge is -2.31. The molecule has 1 aromatic heterocycles. The average Bonchev–Trinajstić information content (AvgIpc) is 2.34. The summed E-state index contributed by atoms with van der Waals surface area (Å²) in [5.41, 5.74) is 9.65. The van der Waals surface area contributed by atoms with Crippen molar-refractivity contribution in [1.29, 1.82) is 0 Å². The summed E-state index contributed by atoms with van der Waals surface area (Å²) in [6, 6.07) is 4.31. The molecule has 0 amide bonds. The topological polar surface area (TPSA) is 54.5 Å². The molecule has 0 radical (unpaired) electrons. The highest BCUT2D eigenvalue weighted by Crippen LogP contribution is 2.19. The molecule has 1 aliphatic heterocycles. The van der Waals surface area contributed by atoms with E-state index in [4.69, 9.17) is 10.7 Å². The molecule has 4 heteroatoms. The van der Waals surface area contributed by atoms with Crippen molar-refractivity contribution in [2.45, 2.75) is 38.6 Å². The molecule has 3 rings (SSSR count). The summed E-state index contributed by atoms with van der Waals surface area (Å²) in [6.07, 6.45) is 6.10. The minimum atomic E-state index is 0.607.